The molecule has 2 unspecified atom stereocenters. The number of carbonyl (C=O) groups is 1. The lowest BCUT2D eigenvalue weighted by Gasteiger charge is -2.34. The first-order valence-electron chi connectivity index (χ1n) is 7.89. The molecule has 114 valence electrons. The molecule has 2 aliphatic rings. The summed E-state index contributed by atoms with van der Waals surface area (Å²) in [6, 6.07) is 10.4. The highest BCUT2D eigenvalue weighted by atomic mass is 16.5. The zero-order chi connectivity index (χ0) is 14.5. The van der Waals surface area contributed by atoms with Gasteiger partial charge < -0.3 is 14.4 Å². The Balaban J connectivity index is 1.49. The highest BCUT2D eigenvalue weighted by Crippen LogP contribution is 2.18. The zero-order valence-electron chi connectivity index (χ0n) is 12.4. The monoisotopic (exact) mass is 289 g/mol. The van der Waals surface area contributed by atoms with Gasteiger partial charge in [-0.05, 0) is 31.2 Å². The number of hydrogen-bond acceptors (Lipinski definition) is 3. The number of benzene rings is 1. The van der Waals surface area contributed by atoms with E-state index in [1.165, 1.54) is 5.56 Å². The number of amides is 1. The second-order valence-corrected chi connectivity index (χ2v) is 5.80. The van der Waals surface area contributed by atoms with E-state index in [0.29, 0.717) is 19.7 Å². The van der Waals surface area contributed by atoms with Crippen LogP contribution >= 0.6 is 0 Å². The summed E-state index contributed by atoms with van der Waals surface area (Å²) in [6.07, 6.45) is 3.75. The molecule has 0 aliphatic carbocycles. The molecule has 2 aliphatic heterocycles. The summed E-state index contributed by atoms with van der Waals surface area (Å²) < 4.78 is 11.3. The van der Waals surface area contributed by atoms with Crippen LogP contribution in [0.2, 0.25) is 0 Å². The average Bonchev–Trinajstić information content (AvgIpc) is 3.08. The van der Waals surface area contributed by atoms with Gasteiger partial charge in [-0.15, -0.1) is 0 Å². The van der Waals surface area contributed by atoms with Crippen LogP contribution in [0.1, 0.15) is 24.8 Å². The number of rotatable bonds is 4. The maximum absolute atomic E-state index is 12.4. The molecular weight excluding hydrogens is 266 g/mol. The molecular formula is C17H23NO3. The number of ether oxygens (including phenoxy) is 2. The lowest BCUT2D eigenvalue weighted by atomic mass is 10.1. The molecule has 4 nitrogen and oxygen atoms in total. The summed E-state index contributed by atoms with van der Waals surface area (Å²) in [5.74, 6) is 0.153. The van der Waals surface area contributed by atoms with Crippen molar-refractivity contribution in [2.45, 2.75) is 37.9 Å². The quantitative estimate of drug-likeness (QED) is 0.851. The summed E-state index contributed by atoms with van der Waals surface area (Å²) >= 11 is 0. The Bertz CT molecular complexity index is 456. The van der Waals surface area contributed by atoms with Crippen LogP contribution in [0.15, 0.2) is 30.3 Å². The SMILES string of the molecule is O=C(C1CCCO1)N1CCOC(CCc2ccccc2)C1. The molecule has 1 aromatic carbocycles. The average molecular weight is 289 g/mol. The molecule has 2 atom stereocenters. The van der Waals surface area contributed by atoms with Crippen molar-refractivity contribution in [2.24, 2.45) is 0 Å². The van der Waals surface area contributed by atoms with Crippen LogP contribution in [-0.2, 0) is 20.7 Å². The van der Waals surface area contributed by atoms with Crippen LogP contribution in [0.3, 0.4) is 0 Å². The lowest BCUT2D eigenvalue weighted by Crippen LogP contribution is -2.49. The van der Waals surface area contributed by atoms with Crippen LogP contribution < -0.4 is 0 Å². The van der Waals surface area contributed by atoms with Crippen molar-refractivity contribution in [3.8, 4) is 0 Å². The Morgan fingerprint density at radius 3 is 2.81 bits per heavy atom. The minimum atomic E-state index is -0.210. The van der Waals surface area contributed by atoms with Crippen LogP contribution in [0.25, 0.3) is 0 Å². The Morgan fingerprint density at radius 1 is 1.19 bits per heavy atom. The highest BCUT2D eigenvalue weighted by molar-refractivity contribution is 5.81. The fourth-order valence-corrected chi connectivity index (χ4v) is 3.04. The fraction of sp³-hybridized carbons (Fsp3) is 0.588. The van der Waals surface area contributed by atoms with E-state index in [2.05, 4.69) is 24.3 Å². The number of carbonyl (C=O) groups excluding carboxylic acids is 1. The third-order valence-electron chi connectivity index (χ3n) is 4.25. The molecule has 0 spiro atoms. The number of hydrogen-bond donors (Lipinski definition) is 0. The van der Waals surface area contributed by atoms with Crippen LogP contribution in [-0.4, -0.2) is 49.3 Å². The molecule has 0 radical (unpaired) electrons. The van der Waals surface area contributed by atoms with Crippen molar-refractivity contribution >= 4 is 5.91 Å². The van der Waals surface area contributed by atoms with Gasteiger partial charge in [0.1, 0.15) is 6.10 Å². The maximum atomic E-state index is 12.4. The summed E-state index contributed by atoms with van der Waals surface area (Å²) in [6.45, 7) is 2.75. The number of nitrogens with zero attached hydrogens (tertiary/aromatic N) is 1. The van der Waals surface area contributed by atoms with Crippen molar-refractivity contribution in [1.29, 1.82) is 0 Å². The van der Waals surface area contributed by atoms with Crippen molar-refractivity contribution in [2.75, 3.05) is 26.3 Å². The van der Waals surface area contributed by atoms with E-state index in [4.69, 9.17) is 9.47 Å². The molecule has 2 saturated heterocycles. The normalized spacial score (nSPS) is 26.0. The van der Waals surface area contributed by atoms with E-state index >= 15 is 0 Å². The minimum absolute atomic E-state index is 0.143. The van der Waals surface area contributed by atoms with Crippen LogP contribution in [0.4, 0.5) is 0 Å². The third-order valence-corrected chi connectivity index (χ3v) is 4.25. The van der Waals surface area contributed by atoms with Gasteiger partial charge in [-0.3, -0.25) is 4.79 Å². The lowest BCUT2D eigenvalue weighted by molar-refractivity contribution is -0.148. The minimum Gasteiger partial charge on any atom is -0.375 e. The van der Waals surface area contributed by atoms with Gasteiger partial charge in [0.05, 0.1) is 12.7 Å². The summed E-state index contributed by atoms with van der Waals surface area (Å²) in [7, 11) is 0. The summed E-state index contributed by atoms with van der Waals surface area (Å²) in [5.41, 5.74) is 1.32. The summed E-state index contributed by atoms with van der Waals surface area (Å²) in [4.78, 5) is 14.3. The second-order valence-electron chi connectivity index (χ2n) is 5.80. The van der Waals surface area contributed by atoms with E-state index in [1.807, 2.05) is 11.0 Å². The Hall–Kier alpha value is -1.39. The van der Waals surface area contributed by atoms with E-state index in [1.54, 1.807) is 0 Å². The fourth-order valence-electron chi connectivity index (χ4n) is 3.04. The van der Waals surface area contributed by atoms with Crippen molar-refractivity contribution in [3.05, 3.63) is 35.9 Å². The Morgan fingerprint density at radius 2 is 2.05 bits per heavy atom. The van der Waals surface area contributed by atoms with E-state index in [9.17, 15) is 4.79 Å². The first-order chi connectivity index (χ1) is 10.3. The van der Waals surface area contributed by atoms with Gasteiger partial charge in [-0.1, -0.05) is 30.3 Å². The maximum Gasteiger partial charge on any atom is 0.251 e. The van der Waals surface area contributed by atoms with Crippen molar-refractivity contribution < 1.29 is 14.3 Å². The summed E-state index contributed by atoms with van der Waals surface area (Å²) in [5, 5.41) is 0. The van der Waals surface area contributed by atoms with Gasteiger partial charge >= 0.3 is 0 Å². The molecule has 2 heterocycles. The largest absolute Gasteiger partial charge is 0.375 e. The first-order valence-corrected chi connectivity index (χ1v) is 7.89. The van der Waals surface area contributed by atoms with Crippen molar-refractivity contribution in [1.82, 2.24) is 4.90 Å². The molecule has 21 heavy (non-hydrogen) atoms. The molecule has 0 N–H and O–H groups in total. The molecule has 0 aromatic heterocycles. The predicted molar refractivity (Wildman–Crippen MR) is 80.1 cm³/mol. The van der Waals surface area contributed by atoms with Gasteiger partial charge in [0.15, 0.2) is 0 Å². The Labute approximate surface area is 126 Å². The molecule has 0 bridgehead atoms. The smallest absolute Gasteiger partial charge is 0.251 e. The van der Waals surface area contributed by atoms with Gasteiger partial charge in [0, 0.05) is 19.7 Å². The van der Waals surface area contributed by atoms with Gasteiger partial charge in [-0.25, -0.2) is 0 Å². The number of morpholine rings is 1. The van der Waals surface area contributed by atoms with Gasteiger partial charge in [-0.2, -0.15) is 0 Å². The van der Waals surface area contributed by atoms with Crippen LogP contribution in [0, 0.1) is 0 Å². The molecule has 0 saturated carbocycles. The highest BCUT2D eigenvalue weighted by Gasteiger charge is 2.31. The molecule has 3 rings (SSSR count). The van der Waals surface area contributed by atoms with Crippen LogP contribution in [0.5, 0.6) is 0 Å². The molecule has 1 aromatic rings. The van der Waals surface area contributed by atoms with E-state index in [-0.39, 0.29) is 18.1 Å². The van der Waals surface area contributed by atoms with E-state index < -0.39 is 0 Å². The topological polar surface area (TPSA) is 38.8 Å². The Kier molecular flexibility index (Phi) is 4.88. The van der Waals surface area contributed by atoms with Gasteiger partial charge in [0.2, 0.25) is 0 Å². The molecule has 1 amide bonds. The van der Waals surface area contributed by atoms with Gasteiger partial charge in [0.25, 0.3) is 5.91 Å². The second kappa shape index (κ2) is 7.05. The van der Waals surface area contributed by atoms with E-state index in [0.717, 1.165) is 32.3 Å². The molecule has 2 fully saturated rings. The number of aryl methyl sites for hydroxylation is 1. The molecule has 4 heteroatoms. The standard InChI is InChI=1S/C17H23NO3/c19-17(16-7-4-11-21-16)18-10-12-20-15(13-18)9-8-14-5-2-1-3-6-14/h1-3,5-6,15-16H,4,7-13H2. The first kappa shape index (κ1) is 14.5. The predicted octanol–water partition coefficient (Wildman–Crippen LogP) is 2.03. The third kappa shape index (κ3) is 3.83. The van der Waals surface area contributed by atoms with Crippen molar-refractivity contribution in [3.63, 3.8) is 0 Å². The zero-order valence-corrected chi connectivity index (χ0v) is 12.4.